The van der Waals surface area contributed by atoms with Gasteiger partial charge in [-0.15, -0.1) is 0 Å². The van der Waals surface area contributed by atoms with Crippen LogP contribution < -0.4 is 11.1 Å². The van der Waals surface area contributed by atoms with E-state index in [1.165, 1.54) is 12.8 Å². The molecule has 0 aromatic carbocycles. The molecule has 0 aromatic rings. The van der Waals surface area contributed by atoms with Crippen molar-refractivity contribution in [2.75, 3.05) is 0 Å². The minimum absolute atomic E-state index is 0.270. The topological polar surface area (TPSA) is 64.3 Å². The Balaban J connectivity index is 1.80. The highest BCUT2D eigenvalue weighted by Gasteiger charge is 2.37. The minimum Gasteiger partial charge on any atom is -0.444 e. The molecule has 2 fully saturated rings. The molecule has 0 heterocycles. The molecule has 3 N–H and O–H groups in total. The molecule has 0 aromatic heterocycles. The Morgan fingerprint density at radius 3 is 2.50 bits per heavy atom. The zero-order valence-corrected chi connectivity index (χ0v) is 11.7. The molecule has 4 heteroatoms. The van der Waals surface area contributed by atoms with Crippen LogP contribution in [0, 0.1) is 11.8 Å². The maximum absolute atomic E-state index is 11.7. The standard InChI is InChI=1S/C14H26N2O2/c1-14(2,3)18-13(17)16-12-5-4-9-6-11(15)7-10(9)8-12/h9-12H,4-8,15H2,1-3H3,(H,16,17)/t9?,10-,11-,12?/m1/s1. The van der Waals surface area contributed by atoms with Gasteiger partial charge in [-0.05, 0) is 64.7 Å². The fraction of sp³-hybridized carbons (Fsp3) is 0.929. The van der Waals surface area contributed by atoms with E-state index in [1.54, 1.807) is 0 Å². The summed E-state index contributed by atoms with van der Waals surface area (Å²) in [5, 5.41) is 3.00. The second kappa shape index (κ2) is 5.08. The van der Waals surface area contributed by atoms with Crippen molar-refractivity contribution >= 4 is 6.09 Å². The Kier molecular flexibility index (Phi) is 3.85. The first-order valence-corrected chi connectivity index (χ1v) is 7.08. The third-order valence-electron chi connectivity index (χ3n) is 4.07. The van der Waals surface area contributed by atoms with Gasteiger partial charge in [0.1, 0.15) is 5.60 Å². The molecule has 4 atom stereocenters. The molecule has 0 spiro atoms. The van der Waals surface area contributed by atoms with Crippen LogP contribution in [-0.2, 0) is 4.74 Å². The van der Waals surface area contributed by atoms with Gasteiger partial charge in [0.25, 0.3) is 0 Å². The first-order chi connectivity index (χ1) is 8.33. The van der Waals surface area contributed by atoms with Crippen LogP contribution in [0.5, 0.6) is 0 Å². The normalized spacial score (nSPS) is 36.0. The van der Waals surface area contributed by atoms with Crippen LogP contribution in [0.2, 0.25) is 0 Å². The lowest BCUT2D eigenvalue weighted by atomic mass is 9.79. The molecule has 2 saturated carbocycles. The highest BCUT2D eigenvalue weighted by atomic mass is 16.6. The molecule has 2 aliphatic rings. The minimum atomic E-state index is -0.420. The molecule has 0 aliphatic heterocycles. The monoisotopic (exact) mass is 254 g/mol. The number of nitrogens with two attached hydrogens (primary N) is 1. The maximum atomic E-state index is 11.7. The first kappa shape index (κ1) is 13.7. The van der Waals surface area contributed by atoms with E-state index >= 15 is 0 Å². The van der Waals surface area contributed by atoms with E-state index in [9.17, 15) is 4.79 Å². The van der Waals surface area contributed by atoms with Crippen molar-refractivity contribution in [1.29, 1.82) is 0 Å². The van der Waals surface area contributed by atoms with Crippen LogP contribution in [0.4, 0.5) is 4.79 Å². The van der Waals surface area contributed by atoms with Crippen LogP contribution in [-0.4, -0.2) is 23.8 Å². The third kappa shape index (κ3) is 3.61. The third-order valence-corrected chi connectivity index (χ3v) is 4.07. The fourth-order valence-electron chi connectivity index (χ4n) is 3.40. The predicted octanol–water partition coefficient (Wildman–Crippen LogP) is 2.42. The van der Waals surface area contributed by atoms with Crippen molar-refractivity contribution in [3.05, 3.63) is 0 Å². The van der Waals surface area contributed by atoms with Gasteiger partial charge in [0, 0.05) is 12.1 Å². The molecular weight excluding hydrogens is 228 g/mol. The summed E-state index contributed by atoms with van der Waals surface area (Å²) in [5.41, 5.74) is 5.59. The maximum Gasteiger partial charge on any atom is 0.407 e. The van der Waals surface area contributed by atoms with Gasteiger partial charge in [-0.2, -0.15) is 0 Å². The summed E-state index contributed by atoms with van der Waals surface area (Å²) < 4.78 is 5.30. The lowest BCUT2D eigenvalue weighted by molar-refractivity contribution is 0.0476. The largest absolute Gasteiger partial charge is 0.444 e. The predicted molar refractivity (Wildman–Crippen MR) is 71.2 cm³/mol. The molecule has 2 aliphatic carbocycles. The van der Waals surface area contributed by atoms with Crippen LogP contribution in [0.25, 0.3) is 0 Å². The number of carbonyl (C=O) groups excluding carboxylic acids is 1. The zero-order valence-electron chi connectivity index (χ0n) is 11.7. The van der Waals surface area contributed by atoms with Crippen LogP contribution in [0.1, 0.15) is 52.9 Å². The fourth-order valence-corrected chi connectivity index (χ4v) is 3.40. The van der Waals surface area contributed by atoms with Gasteiger partial charge in [-0.25, -0.2) is 4.79 Å². The van der Waals surface area contributed by atoms with E-state index in [0.29, 0.717) is 12.0 Å². The zero-order chi connectivity index (χ0) is 13.3. The highest BCUT2D eigenvalue weighted by Crippen LogP contribution is 2.41. The number of alkyl carbamates (subject to hydrolysis) is 1. The Morgan fingerprint density at radius 1 is 1.17 bits per heavy atom. The highest BCUT2D eigenvalue weighted by molar-refractivity contribution is 5.68. The van der Waals surface area contributed by atoms with Gasteiger partial charge < -0.3 is 15.8 Å². The Bertz CT molecular complexity index is 311. The van der Waals surface area contributed by atoms with Crippen molar-refractivity contribution in [2.45, 2.75) is 70.6 Å². The smallest absolute Gasteiger partial charge is 0.407 e. The molecule has 4 nitrogen and oxygen atoms in total. The first-order valence-electron chi connectivity index (χ1n) is 7.08. The van der Waals surface area contributed by atoms with E-state index in [1.807, 2.05) is 20.8 Å². The van der Waals surface area contributed by atoms with E-state index in [0.717, 1.165) is 25.2 Å². The van der Waals surface area contributed by atoms with Crippen molar-refractivity contribution in [3.63, 3.8) is 0 Å². The Labute approximate surface area is 110 Å². The van der Waals surface area contributed by atoms with Crippen molar-refractivity contribution in [1.82, 2.24) is 5.32 Å². The number of ether oxygens (including phenoxy) is 1. The van der Waals surface area contributed by atoms with Crippen LogP contribution >= 0.6 is 0 Å². The molecular formula is C14H26N2O2. The van der Waals surface area contributed by atoms with Gasteiger partial charge in [0.2, 0.25) is 0 Å². The summed E-state index contributed by atoms with van der Waals surface area (Å²) in [5.74, 6) is 1.49. The second-order valence-electron chi connectivity index (χ2n) is 6.91. The number of hydrogen-bond donors (Lipinski definition) is 2. The van der Waals surface area contributed by atoms with E-state index in [-0.39, 0.29) is 12.1 Å². The number of amides is 1. The number of fused-ring (bicyclic) bond motifs is 1. The van der Waals surface area contributed by atoms with Crippen molar-refractivity contribution in [2.24, 2.45) is 17.6 Å². The summed E-state index contributed by atoms with van der Waals surface area (Å²) in [6, 6.07) is 0.645. The number of carbonyl (C=O) groups is 1. The molecule has 18 heavy (non-hydrogen) atoms. The Hall–Kier alpha value is -0.770. The summed E-state index contributed by atoms with van der Waals surface area (Å²) >= 11 is 0. The average Bonchev–Trinajstić information content (AvgIpc) is 2.53. The quantitative estimate of drug-likeness (QED) is 0.755. The van der Waals surface area contributed by atoms with Gasteiger partial charge in [-0.3, -0.25) is 0 Å². The molecule has 0 saturated heterocycles. The number of nitrogens with one attached hydrogen (secondary N) is 1. The molecule has 1 amide bonds. The van der Waals surface area contributed by atoms with Crippen LogP contribution in [0.15, 0.2) is 0 Å². The summed E-state index contributed by atoms with van der Waals surface area (Å²) in [7, 11) is 0. The van der Waals surface area contributed by atoms with Gasteiger partial charge in [0.05, 0.1) is 0 Å². The van der Waals surface area contributed by atoms with Crippen molar-refractivity contribution in [3.8, 4) is 0 Å². The SMILES string of the molecule is CC(C)(C)OC(=O)NC1CCC2C[C@@H](N)C[C@@H]2C1. The van der Waals surface area contributed by atoms with Gasteiger partial charge in [0.15, 0.2) is 0 Å². The Morgan fingerprint density at radius 2 is 1.83 bits per heavy atom. The summed E-state index contributed by atoms with van der Waals surface area (Å²) in [6.45, 7) is 5.67. The lowest BCUT2D eigenvalue weighted by Crippen LogP contribution is -2.42. The van der Waals surface area contributed by atoms with Crippen LogP contribution in [0.3, 0.4) is 0 Å². The molecule has 104 valence electrons. The summed E-state index contributed by atoms with van der Waals surface area (Å²) in [4.78, 5) is 11.7. The summed E-state index contributed by atoms with van der Waals surface area (Å²) in [6.07, 6.45) is 5.33. The number of hydrogen-bond acceptors (Lipinski definition) is 3. The molecule has 2 unspecified atom stereocenters. The van der Waals surface area contributed by atoms with E-state index in [4.69, 9.17) is 10.5 Å². The van der Waals surface area contributed by atoms with E-state index in [2.05, 4.69) is 5.32 Å². The lowest BCUT2D eigenvalue weighted by Gasteiger charge is -2.32. The average molecular weight is 254 g/mol. The van der Waals surface area contributed by atoms with Gasteiger partial charge >= 0.3 is 6.09 Å². The second-order valence-corrected chi connectivity index (χ2v) is 6.91. The van der Waals surface area contributed by atoms with Gasteiger partial charge in [-0.1, -0.05) is 0 Å². The molecule has 2 rings (SSSR count). The van der Waals surface area contributed by atoms with E-state index < -0.39 is 5.60 Å². The molecule has 0 bridgehead atoms. The number of rotatable bonds is 1. The molecule has 0 radical (unpaired) electrons. The van der Waals surface area contributed by atoms with Crippen molar-refractivity contribution < 1.29 is 9.53 Å².